The minimum Gasteiger partial charge on any atom is -0.384 e. The van der Waals surface area contributed by atoms with Gasteiger partial charge in [-0.15, -0.1) is 0 Å². The van der Waals surface area contributed by atoms with Crippen molar-refractivity contribution in [1.82, 2.24) is 0 Å². The van der Waals surface area contributed by atoms with Crippen molar-refractivity contribution in [2.45, 2.75) is 19.3 Å². The van der Waals surface area contributed by atoms with Crippen LogP contribution in [0.1, 0.15) is 24.8 Å². The zero-order valence-electron chi connectivity index (χ0n) is 10.6. The predicted octanol–water partition coefficient (Wildman–Crippen LogP) is 4.95. The molecule has 1 nitrogen and oxygen atoms in total. The van der Waals surface area contributed by atoms with E-state index in [0.717, 1.165) is 23.7 Å². The summed E-state index contributed by atoms with van der Waals surface area (Å²) >= 11 is 6.09. The Morgan fingerprint density at radius 2 is 1.67 bits per heavy atom. The number of benzene rings is 2. The minimum atomic E-state index is 0.557. The second-order valence-corrected chi connectivity index (χ2v) is 4.91. The van der Waals surface area contributed by atoms with Crippen LogP contribution < -0.4 is 5.32 Å². The van der Waals surface area contributed by atoms with Crippen molar-refractivity contribution in [2.24, 2.45) is 0 Å². The Balaban J connectivity index is 1.84. The highest BCUT2D eigenvalue weighted by atomic mass is 35.5. The normalized spacial score (nSPS) is 12.1. The van der Waals surface area contributed by atoms with Gasteiger partial charge in [0, 0.05) is 6.54 Å². The molecule has 0 saturated heterocycles. The third-order valence-corrected chi connectivity index (χ3v) is 3.46. The fraction of sp³-hybridized carbons (Fsp3) is 0.250. The maximum Gasteiger partial charge on any atom is 0.0637 e. The largest absolute Gasteiger partial charge is 0.384 e. The summed E-state index contributed by atoms with van der Waals surface area (Å²) in [5.41, 5.74) is 2.40. The molecule has 0 saturated carbocycles. The van der Waals surface area contributed by atoms with Crippen LogP contribution in [0.15, 0.2) is 54.6 Å². The summed E-state index contributed by atoms with van der Waals surface area (Å²) in [6.07, 6.45) is 1.09. The lowest BCUT2D eigenvalue weighted by Gasteiger charge is -2.13. The lowest BCUT2D eigenvalue weighted by atomic mass is 9.98. The van der Waals surface area contributed by atoms with E-state index >= 15 is 0 Å². The Labute approximate surface area is 114 Å². The van der Waals surface area contributed by atoms with E-state index in [1.807, 2.05) is 24.3 Å². The maximum absolute atomic E-state index is 6.09. The fourth-order valence-corrected chi connectivity index (χ4v) is 2.18. The fourth-order valence-electron chi connectivity index (χ4n) is 1.98. The van der Waals surface area contributed by atoms with E-state index in [-0.39, 0.29) is 0 Å². The molecule has 18 heavy (non-hydrogen) atoms. The number of hydrogen-bond donors (Lipinski definition) is 1. The van der Waals surface area contributed by atoms with Crippen molar-refractivity contribution < 1.29 is 0 Å². The summed E-state index contributed by atoms with van der Waals surface area (Å²) in [5.74, 6) is 0.557. The van der Waals surface area contributed by atoms with Gasteiger partial charge in [-0.1, -0.05) is 61.0 Å². The first-order chi connectivity index (χ1) is 8.77. The number of rotatable bonds is 5. The summed E-state index contributed by atoms with van der Waals surface area (Å²) in [6, 6.07) is 18.5. The Bertz CT molecular complexity index is 481. The molecule has 1 atom stereocenters. The van der Waals surface area contributed by atoms with Crippen LogP contribution >= 0.6 is 11.6 Å². The first kappa shape index (κ1) is 13.0. The van der Waals surface area contributed by atoms with Crippen molar-refractivity contribution in [3.8, 4) is 0 Å². The molecule has 1 unspecified atom stereocenters. The monoisotopic (exact) mass is 259 g/mol. The van der Waals surface area contributed by atoms with Gasteiger partial charge in [-0.05, 0) is 30.0 Å². The summed E-state index contributed by atoms with van der Waals surface area (Å²) in [7, 11) is 0. The Kier molecular flexibility index (Phi) is 4.66. The molecule has 2 heteroatoms. The summed E-state index contributed by atoms with van der Waals surface area (Å²) < 4.78 is 0. The molecule has 0 aromatic heterocycles. The number of nitrogens with one attached hydrogen (secondary N) is 1. The Hall–Kier alpha value is -1.47. The predicted molar refractivity (Wildman–Crippen MR) is 79.4 cm³/mol. The molecule has 0 aliphatic carbocycles. The first-order valence-corrected chi connectivity index (χ1v) is 6.68. The second kappa shape index (κ2) is 6.46. The van der Waals surface area contributed by atoms with Gasteiger partial charge >= 0.3 is 0 Å². The molecule has 0 radical (unpaired) electrons. The van der Waals surface area contributed by atoms with Gasteiger partial charge in [-0.2, -0.15) is 0 Å². The molecule has 0 amide bonds. The van der Waals surface area contributed by atoms with E-state index in [0.29, 0.717) is 5.92 Å². The van der Waals surface area contributed by atoms with Crippen molar-refractivity contribution in [1.29, 1.82) is 0 Å². The van der Waals surface area contributed by atoms with Gasteiger partial charge in [-0.3, -0.25) is 0 Å². The summed E-state index contributed by atoms with van der Waals surface area (Å²) in [5, 5.41) is 4.16. The number of para-hydroxylation sites is 1. The minimum absolute atomic E-state index is 0.557. The molecule has 1 N–H and O–H groups in total. The van der Waals surface area contributed by atoms with Crippen LogP contribution in [0.2, 0.25) is 5.02 Å². The van der Waals surface area contributed by atoms with Crippen molar-refractivity contribution in [2.75, 3.05) is 11.9 Å². The molecule has 94 valence electrons. The van der Waals surface area contributed by atoms with Gasteiger partial charge in [0.2, 0.25) is 0 Å². The smallest absolute Gasteiger partial charge is 0.0637 e. The quantitative estimate of drug-likeness (QED) is 0.801. The molecular weight excluding hydrogens is 242 g/mol. The van der Waals surface area contributed by atoms with Gasteiger partial charge in [-0.25, -0.2) is 0 Å². The number of halogens is 1. The second-order valence-electron chi connectivity index (χ2n) is 4.51. The number of anilines is 1. The molecular formula is C16H18ClN. The average Bonchev–Trinajstić information content (AvgIpc) is 2.42. The van der Waals surface area contributed by atoms with Crippen LogP contribution in [0.4, 0.5) is 5.69 Å². The van der Waals surface area contributed by atoms with Crippen LogP contribution in [-0.4, -0.2) is 6.54 Å². The average molecular weight is 260 g/mol. The van der Waals surface area contributed by atoms with E-state index in [2.05, 4.69) is 42.6 Å². The third kappa shape index (κ3) is 3.51. The SMILES string of the molecule is CC(CCNc1ccccc1Cl)c1ccccc1. The van der Waals surface area contributed by atoms with E-state index in [4.69, 9.17) is 11.6 Å². The van der Waals surface area contributed by atoms with E-state index in [9.17, 15) is 0 Å². The number of hydrogen-bond acceptors (Lipinski definition) is 1. The van der Waals surface area contributed by atoms with E-state index in [1.165, 1.54) is 5.56 Å². The molecule has 2 aromatic rings. The lowest BCUT2D eigenvalue weighted by molar-refractivity contribution is 0.706. The zero-order chi connectivity index (χ0) is 12.8. The maximum atomic E-state index is 6.09. The lowest BCUT2D eigenvalue weighted by Crippen LogP contribution is -2.06. The van der Waals surface area contributed by atoms with E-state index in [1.54, 1.807) is 0 Å². The third-order valence-electron chi connectivity index (χ3n) is 3.14. The van der Waals surface area contributed by atoms with Crippen LogP contribution in [0.25, 0.3) is 0 Å². The molecule has 0 bridgehead atoms. The highest BCUT2D eigenvalue weighted by Crippen LogP contribution is 2.22. The van der Waals surface area contributed by atoms with Gasteiger partial charge in [0.15, 0.2) is 0 Å². The summed E-state index contributed by atoms with van der Waals surface area (Å²) in [4.78, 5) is 0. The highest BCUT2D eigenvalue weighted by molar-refractivity contribution is 6.33. The molecule has 2 aromatic carbocycles. The Morgan fingerprint density at radius 3 is 2.39 bits per heavy atom. The highest BCUT2D eigenvalue weighted by Gasteiger charge is 2.04. The van der Waals surface area contributed by atoms with E-state index < -0.39 is 0 Å². The van der Waals surface area contributed by atoms with Crippen molar-refractivity contribution in [3.63, 3.8) is 0 Å². The van der Waals surface area contributed by atoms with Crippen molar-refractivity contribution in [3.05, 3.63) is 65.2 Å². The zero-order valence-corrected chi connectivity index (χ0v) is 11.3. The standard InChI is InChI=1S/C16H18ClN/c1-13(14-7-3-2-4-8-14)11-12-18-16-10-6-5-9-15(16)17/h2-10,13,18H,11-12H2,1H3. The molecule has 0 aliphatic heterocycles. The van der Waals surface area contributed by atoms with Crippen LogP contribution in [-0.2, 0) is 0 Å². The van der Waals surface area contributed by atoms with Gasteiger partial charge in [0.1, 0.15) is 0 Å². The van der Waals surface area contributed by atoms with Crippen LogP contribution in [0, 0.1) is 0 Å². The molecule has 0 aliphatic rings. The summed E-state index contributed by atoms with van der Waals surface area (Å²) in [6.45, 7) is 3.18. The van der Waals surface area contributed by atoms with Crippen molar-refractivity contribution >= 4 is 17.3 Å². The first-order valence-electron chi connectivity index (χ1n) is 6.30. The molecule has 0 fully saturated rings. The topological polar surface area (TPSA) is 12.0 Å². The van der Waals surface area contributed by atoms with Crippen LogP contribution in [0.5, 0.6) is 0 Å². The van der Waals surface area contributed by atoms with Gasteiger partial charge in [0.05, 0.1) is 10.7 Å². The van der Waals surface area contributed by atoms with Gasteiger partial charge < -0.3 is 5.32 Å². The van der Waals surface area contributed by atoms with Gasteiger partial charge in [0.25, 0.3) is 0 Å². The Morgan fingerprint density at radius 1 is 1.00 bits per heavy atom. The molecule has 0 heterocycles. The molecule has 2 rings (SSSR count). The van der Waals surface area contributed by atoms with Crippen LogP contribution in [0.3, 0.4) is 0 Å². The molecule has 0 spiro atoms.